The van der Waals surface area contributed by atoms with Crippen LogP contribution >= 0.6 is 23.1 Å². The number of rotatable bonds is 9. The number of nitrogens with zero attached hydrogens (tertiary/aromatic N) is 4. The van der Waals surface area contributed by atoms with Crippen LogP contribution in [0.15, 0.2) is 46.9 Å². The molecule has 6 nitrogen and oxygen atoms in total. The molecule has 30 heavy (non-hydrogen) atoms. The molecule has 1 aliphatic rings. The van der Waals surface area contributed by atoms with Crippen LogP contribution in [-0.4, -0.2) is 45.0 Å². The summed E-state index contributed by atoms with van der Waals surface area (Å²) in [7, 11) is 1.72. The second-order valence-electron chi connectivity index (χ2n) is 6.95. The molecule has 4 rings (SSSR count). The van der Waals surface area contributed by atoms with E-state index in [9.17, 15) is 13.6 Å². The number of alkyl halides is 2. The van der Waals surface area contributed by atoms with Crippen molar-refractivity contribution in [2.45, 2.75) is 37.2 Å². The Balaban J connectivity index is 1.35. The highest BCUT2D eigenvalue weighted by molar-refractivity contribution is 7.99. The van der Waals surface area contributed by atoms with Crippen LogP contribution in [0, 0.1) is 0 Å². The zero-order valence-corrected chi connectivity index (χ0v) is 17.8. The van der Waals surface area contributed by atoms with E-state index in [-0.39, 0.29) is 17.4 Å². The van der Waals surface area contributed by atoms with Crippen LogP contribution in [0.25, 0.3) is 10.7 Å². The summed E-state index contributed by atoms with van der Waals surface area (Å²) in [5.74, 6) is 1.16. The van der Waals surface area contributed by atoms with Gasteiger partial charge in [0.15, 0.2) is 11.0 Å². The topological polar surface area (TPSA) is 60.2 Å². The predicted molar refractivity (Wildman–Crippen MR) is 112 cm³/mol. The van der Waals surface area contributed by atoms with Gasteiger partial charge < -0.3 is 9.64 Å². The fourth-order valence-electron chi connectivity index (χ4n) is 2.99. The number of aromatic nitrogens is 3. The largest absolute Gasteiger partial charge is 0.435 e. The molecule has 0 bridgehead atoms. The average Bonchev–Trinajstić information content (AvgIpc) is 3.24. The maximum atomic E-state index is 12.6. The average molecular weight is 451 g/mol. The third-order valence-electron chi connectivity index (χ3n) is 4.64. The van der Waals surface area contributed by atoms with Crippen molar-refractivity contribution >= 4 is 29.0 Å². The van der Waals surface area contributed by atoms with Crippen molar-refractivity contribution < 1.29 is 18.3 Å². The van der Waals surface area contributed by atoms with Crippen LogP contribution in [-0.2, 0) is 11.3 Å². The minimum atomic E-state index is -2.85. The van der Waals surface area contributed by atoms with Gasteiger partial charge in [0, 0.05) is 19.6 Å². The zero-order valence-electron chi connectivity index (χ0n) is 16.2. The van der Waals surface area contributed by atoms with Gasteiger partial charge in [-0.3, -0.25) is 9.36 Å². The lowest BCUT2D eigenvalue weighted by Gasteiger charge is -2.17. The van der Waals surface area contributed by atoms with Crippen molar-refractivity contribution in [2.24, 2.45) is 0 Å². The van der Waals surface area contributed by atoms with Crippen molar-refractivity contribution in [2.75, 3.05) is 12.8 Å². The Morgan fingerprint density at radius 3 is 2.70 bits per heavy atom. The van der Waals surface area contributed by atoms with Crippen LogP contribution < -0.4 is 4.74 Å². The van der Waals surface area contributed by atoms with E-state index in [1.165, 1.54) is 23.9 Å². The van der Waals surface area contributed by atoms with Gasteiger partial charge in [-0.05, 0) is 42.0 Å². The van der Waals surface area contributed by atoms with E-state index in [2.05, 4.69) is 19.5 Å². The quantitative estimate of drug-likeness (QED) is 0.443. The lowest BCUT2D eigenvalue weighted by atomic mass is 10.2. The molecule has 1 fully saturated rings. The lowest BCUT2D eigenvalue weighted by molar-refractivity contribution is -0.127. The Kier molecular flexibility index (Phi) is 6.33. The maximum Gasteiger partial charge on any atom is 0.387 e. The number of amides is 1. The van der Waals surface area contributed by atoms with Crippen molar-refractivity contribution in [1.82, 2.24) is 19.7 Å². The van der Waals surface area contributed by atoms with Gasteiger partial charge in [-0.15, -0.1) is 21.5 Å². The summed E-state index contributed by atoms with van der Waals surface area (Å²) in [5, 5.41) is 11.4. The molecule has 1 aromatic carbocycles. The van der Waals surface area contributed by atoms with Gasteiger partial charge in [-0.2, -0.15) is 8.78 Å². The number of thioether (sulfide) groups is 1. The number of ether oxygens (including phenoxy) is 1. The first-order chi connectivity index (χ1) is 14.5. The molecule has 0 aliphatic heterocycles. The van der Waals surface area contributed by atoms with Crippen molar-refractivity contribution in [3.8, 4) is 16.5 Å². The number of carbonyl (C=O) groups excluding carboxylic acids is 1. The molecule has 2 aromatic heterocycles. The van der Waals surface area contributed by atoms with Crippen LogP contribution in [0.1, 0.15) is 24.4 Å². The Hall–Kier alpha value is -2.46. The van der Waals surface area contributed by atoms with Gasteiger partial charge >= 0.3 is 6.61 Å². The molecule has 0 unspecified atom stereocenters. The third-order valence-corrected chi connectivity index (χ3v) is 6.43. The minimum Gasteiger partial charge on any atom is -0.435 e. The lowest BCUT2D eigenvalue weighted by Crippen LogP contribution is -2.27. The van der Waals surface area contributed by atoms with Crippen LogP contribution in [0.3, 0.4) is 0 Å². The van der Waals surface area contributed by atoms with Crippen molar-refractivity contribution in [3.63, 3.8) is 0 Å². The second kappa shape index (κ2) is 9.13. The molecule has 1 aliphatic carbocycles. The SMILES string of the molecule is CN(Cc1ccc(OC(F)F)cc1)C(=O)CSc1nnc(-c2cccs2)n1C1CC1. The van der Waals surface area contributed by atoms with E-state index in [4.69, 9.17) is 0 Å². The van der Waals surface area contributed by atoms with E-state index in [0.717, 1.165) is 34.3 Å². The number of thiophene rings is 1. The third kappa shape index (κ3) is 4.99. The van der Waals surface area contributed by atoms with Crippen LogP contribution in [0.2, 0.25) is 0 Å². The highest BCUT2D eigenvalue weighted by atomic mass is 32.2. The summed E-state index contributed by atoms with van der Waals surface area (Å²) in [5.41, 5.74) is 0.832. The first kappa shape index (κ1) is 20.8. The summed E-state index contributed by atoms with van der Waals surface area (Å²) < 4.78 is 31.0. The summed E-state index contributed by atoms with van der Waals surface area (Å²) in [4.78, 5) is 15.3. The minimum absolute atomic E-state index is 0.0454. The summed E-state index contributed by atoms with van der Waals surface area (Å²) >= 11 is 3.01. The van der Waals surface area contributed by atoms with Gasteiger partial charge in [-0.1, -0.05) is 30.0 Å². The van der Waals surface area contributed by atoms with Crippen LogP contribution in [0.5, 0.6) is 5.75 Å². The molecule has 1 saturated carbocycles. The van der Waals surface area contributed by atoms with Gasteiger partial charge in [0.25, 0.3) is 0 Å². The molecule has 0 N–H and O–H groups in total. The van der Waals surface area contributed by atoms with E-state index >= 15 is 0 Å². The van der Waals surface area contributed by atoms with Crippen molar-refractivity contribution in [1.29, 1.82) is 0 Å². The highest BCUT2D eigenvalue weighted by Gasteiger charge is 2.30. The van der Waals surface area contributed by atoms with E-state index in [1.807, 2.05) is 17.5 Å². The van der Waals surface area contributed by atoms with E-state index in [1.54, 1.807) is 35.4 Å². The molecule has 3 aromatic rings. The van der Waals surface area contributed by atoms with E-state index < -0.39 is 6.61 Å². The fourth-order valence-corrected chi connectivity index (χ4v) is 4.64. The molecule has 158 valence electrons. The van der Waals surface area contributed by atoms with Crippen LogP contribution in [0.4, 0.5) is 8.78 Å². The fraction of sp³-hybridized carbons (Fsp3) is 0.350. The smallest absolute Gasteiger partial charge is 0.387 e. The predicted octanol–water partition coefficient (Wildman–Crippen LogP) is 4.69. The Bertz CT molecular complexity index is 989. The standard InChI is InChI=1S/C20H20F2N4O2S2/c1-25(11-13-4-8-15(9-5-13)28-19(21)22)17(27)12-30-20-24-23-18(16-3-2-10-29-16)26(20)14-6-7-14/h2-5,8-10,14,19H,6-7,11-12H2,1H3. The number of benzene rings is 1. The maximum absolute atomic E-state index is 12.6. The molecule has 0 spiro atoms. The van der Waals surface area contributed by atoms with Gasteiger partial charge in [0.2, 0.25) is 5.91 Å². The monoisotopic (exact) mass is 450 g/mol. The molecule has 0 radical (unpaired) electrons. The molecule has 1 amide bonds. The molecule has 0 saturated heterocycles. The Morgan fingerprint density at radius 2 is 2.07 bits per heavy atom. The zero-order chi connectivity index (χ0) is 21.1. The summed E-state index contributed by atoms with van der Waals surface area (Å²) in [6, 6.07) is 10.7. The number of carbonyl (C=O) groups is 1. The normalized spacial score (nSPS) is 13.6. The Morgan fingerprint density at radius 1 is 1.30 bits per heavy atom. The van der Waals surface area contributed by atoms with E-state index in [0.29, 0.717) is 12.6 Å². The molecule has 0 atom stereocenters. The Labute approximate surface area is 180 Å². The van der Waals surface area contributed by atoms with Gasteiger partial charge in [0.05, 0.1) is 10.6 Å². The van der Waals surface area contributed by atoms with Gasteiger partial charge in [-0.25, -0.2) is 0 Å². The number of halogens is 2. The first-order valence-electron chi connectivity index (χ1n) is 9.40. The van der Waals surface area contributed by atoms with Crippen molar-refractivity contribution in [3.05, 3.63) is 47.3 Å². The molecular weight excluding hydrogens is 430 g/mol. The molecule has 2 heterocycles. The summed E-state index contributed by atoms with van der Waals surface area (Å²) in [6.45, 7) is -2.47. The second-order valence-corrected chi connectivity index (χ2v) is 8.84. The van der Waals surface area contributed by atoms with Gasteiger partial charge in [0.1, 0.15) is 5.75 Å². The molecule has 10 heteroatoms. The number of hydrogen-bond acceptors (Lipinski definition) is 6. The number of hydrogen-bond donors (Lipinski definition) is 0. The molecular formula is C20H20F2N4O2S2. The summed E-state index contributed by atoms with van der Waals surface area (Å²) in [6.07, 6.45) is 2.20. The highest BCUT2D eigenvalue weighted by Crippen LogP contribution is 2.41. The first-order valence-corrected chi connectivity index (χ1v) is 11.3.